The first kappa shape index (κ1) is 13.9. The number of nitrogens with one attached hydrogen (secondary N) is 1. The van der Waals surface area contributed by atoms with E-state index in [1.165, 1.54) is 0 Å². The quantitative estimate of drug-likeness (QED) is 0.657. The largest absolute Gasteiger partial charge is 0.396 e. The van der Waals surface area contributed by atoms with Gasteiger partial charge in [-0.3, -0.25) is 0 Å². The van der Waals surface area contributed by atoms with Gasteiger partial charge in [0.05, 0.1) is 6.61 Å². The van der Waals surface area contributed by atoms with Gasteiger partial charge in [0.2, 0.25) is 0 Å². The molecule has 0 aliphatic heterocycles. The Bertz CT molecular complexity index is 153. The molecule has 3 heteroatoms. The Kier molecular flexibility index (Phi) is 5.64. The smallest absolute Gasteiger partial charge is 0.0639 e. The zero-order chi connectivity index (χ0) is 11.2. The van der Waals surface area contributed by atoms with Gasteiger partial charge in [-0.05, 0) is 20.3 Å². The molecule has 0 saturated carbocycles. The molecular weight excluding hydrogens is 178 g/mol. The summed E-state index contributed by atoms with van der Waals surface area (Å²) in [7, 11) is 1.70. The molecule has 14 heavy (non-hydrogen) atoms. The summed E-state index contributed by atoms with van der Waals surface area (Å²) in [6.07, 6.45) is 0.972. The van der Waals surface area contributed by atoms with Crippen LogP contribution in [0.2, 0.25) is 0 Å². The Morgan fingerprint density at radius 1 is 1.29 bits per heavy atom. The molecule has 0 rings (SSSR count). The van der Waals surface area contributed by atoms with E-state index in [0.717, 1.165) is 13.0 Å². The lowest BCUT2D eigenvalue weighted by Crippen LogP contribution is -2.48. The molecular formula is C11H25NO2. The highest BCUT2D eigenvalue weighted by molar-refractivity contribution is 4.82. The highest BCUT2D eigenvalue weighted by Crippen LogP contribution is 2.19. The Morgan fingerprint density at radius 3 is 2.21 bits per heavy atom. The average molecular weight is 203 g/mol. The first-order chi connectivity index (χ1) is 6.39. The van der Waals surface area contributed by atoms with Crippen molar-refractivity contribution in [2.45, 2.75) is 39.7 Å². The SMILES string of the molecule is CCC(C)(CO)CNC(C)(C)COC. The number of ether oxygens (including phenoxy) is 1. The third kappa shape index (κ3) is 4.94. The number of hydrogen-bond acceptors (Lipinski definition) is 3. The Hall–Kier alpha value is -0.120. The second-order valence-corrected chi connectivity index (χ2v) is 4.99. The van der Waals surface area contributed by atoms with Crippen LogP contribution in [0.3, 0.4) is 0 Å². The molecule has 0 aromatic heterocycles. The summed E-state index contributed by atoms with van der Waals surface area (Å²) in [5, 5.41) is 12.7. The van der Waals surface area contributed by atoms with Crippen molar-refractivity contribution in [3.63, 3.8) is 0 Å². The summed E-state index contributed by atoms with van der Waals surface area (Å²) in [4.78, 5) is 0. The number of aliphatic hydroxyl groups excluding tert-OH is 1. The minimum atomic E-state index is -0.0274. The summed E-state index contributed by atoms with van der Waals surface area (Å²) < 4.78 is 5.11. The number of aliphatic hydroxyl groups is 1. The van der Waals surface area contributed by atoms with E-state index in [4.69, 9.17) is 4.74 Å². The fourth-order valence-corrected chi connectivity index (χ4v) is 1.16. The monoisotopic (exact) mass is 203 g/mol. The molecule has 3 nitrogen and oxygen atoms in total. The lowest BCUT2D eigenvalue weighted by molar-refractivity contribution is 0.0941. The van der Waals surface area contributed by atoms with Gasteiger partial charge < -0.3 is 15.2 Å². The van der Waals surface area contributed by atoms with E-state index in [1.807, 2.05) is 0 Å². The maximum absolute atomic E-state index is 9.24. The van der Waals surface area contributed by atoms with Crippen molar-refractivity contribution < 1.29 is 9.84 Å². The summed E-state index contributed by atoms with van der Waals surface area (Å²) in [6.45, 7) is 10.1. The highest BCUT2D eigenvalue weighted by Gasteiger charge is 2.25. The van der Waals surface area contributed by atoms with Crippen LogP contribution in [0.25, 0.3) is 0 Å². The molecule has 0 amide bonds. The topological polar surface area (TPSA) is 41.5 Å². The Balaban J connectivity index is 4.02. The van der Waals surface area contributed by atoms with Crippen molar-refractivity contribution >= 4 is 0 Å². The third-order valence-electron chi connectivity index (χ3n) is 2.73. The summed E-state index contributed by atoms with van der Waals surface area (Å²) in [6, 6.07) is 0. The van der Waals surface area contributed by atoms with Crippen LogP contribution in [0.4, 0.5) is 0 Å². The van der Waals surface area contributed by atoms with Crippen LogP contribution in [-0.2, 0) is 4.74 Å². The van der Waals surface area contributed by atoms with Gasteiger partial charge >= 0.3 is 0 Å². The first-order valence-corrected chi connectivity index (χ1v) is 5.24. The van der Waals surface area contributed by atoms with Crippen molar-refractivity contribution in [2.75, 3.05) is 26.9 Å². The van der Waals surface area contributed by atoms with Gasteiger partial charge in [0.15, 0.2) is 0 Å². The van der Waals surface area contributed by atoms with Crippen LogP contribution in [0, 0.1) is 5.41 Å². The Labute approximate surface area is 87.8 Å². The van der Waals surface area contributed by atoms with E-state index in [1.54, 1.807) is 7.11 Å². The van der Waals surface area contributed by atoms with Crippen molar-refractivity contribution in [3.8, 4) is 0 Å². The van der Waals surface area contributed by atoms with Gasteiger partial charge in [-0.25, -0.2) is 0 Å². The fourth-order valence-electron chi connectivity index (χ4n) is 1.16. The van der Waals surface area contributed by atoms with Crippen LogP contribution in [0.15, 0.2) is 0 Å². The predicted molar refractivity (Wildman–Crippen MR) is 59.4 cm³/mol. The van der Waals surface area contributed by atoms with E-state index in [-0.39, 0.29) is 17.6 Å². The number of methoxy groups -OCH3 is 1. The highest BCUT2D eigenvalue weighted by atomic mass is 16.5. The molecule has 1 unspecified atom stereocenters. The van der Waals surface area contributed by atoms with Crippen LogP contribution in [-0.4, -0.2) is 37.5 Å². The maximum Gasteiger partial charge on any atom is 0.0639 e. The molecule has 1 atom stereocenters. The molecule has 0 aliphatic carbocycles. The molecule has 0 heterocycles. The van der Waals surface area contributed by atoms with E-state index < -0.39 is 0 Å². The van der Waals surface area contributed by atoms with Crippen molar-refractivity contribution in [3.05, 3.63) is 0 Å². The molecule has 0 aliphatic rings. The molecule has 86 valence electrons. The molecule has 0 saturated heterocycles. The van der Waals surface area contributed by atoms with Crippen molar-refractivity contribution in [1.29, 1.82) is 0 Å². The summed E-state index contributed by atoms with van der Waals surface area (Å²) in [5.41, 5.74) is -0.0502. The van der Waals surface area contributed by atoms with Gasteiger partial charge in [-0.15, -0.1) is 0 Å². The average Bonchev–Trinajstić information content (AvgIpc) is 2.14. The standard InChI is InChI=1S/C11H25NO2/c1-6-11(4,8-13)7-12-10(2,3)9-14-5/h12-13H,6-9H2,1-5H3. The molecule has 0 radical (unpaired) electrons. The minimum Gasteiger partial charge on any atom is -0.396 e. The van der Waals surface area contributed by atoms with Crippen molar-refractivity contribution in [2.24, 2.45) is 5.41 Å². The van der Waals surface area contributed by atoms with E-state index >= 15 is 0 Å². The molecule has 0 aromatic carbocycles. The van der Waals surface area contributed by atoms with Crippen LogP contribution >= 0.6 is 0 Å². The van der Waals surface area contributed by atoms with Crippen LogP contribution < -0.4 is 5.32 Å². The minimum absolute atomic E-state index is 0.0228. The van der Waals surface area contributed by atoms with E-state index in [9.17, 15) is 5.11 Å². The van der Waals surface area contributed by atoms with Crippen LogP contribution in [0.1, 0.15) is 34.1 Å². The Morgan fingerprint density at radius 2 is 1.86 bits per heavy atom. The lowest BCUT2D eigenvalue weighted by Gasteiger charge is -2.33. The predicted octanol–water partition coefficient (Wildman–Crippen LogP) is 1.41. The van der Waals surface area contributed by atoms with Gasteiger partial charge in [-0.1, -0.05) is 13.8 Å². The van der Waals surface area contributed by atoms with Gasteiger partial charge in [-0.2, -0.15) is 0 Å². The fraction of sp³-hybridized carbons (Fsp3) is 1.00. The van der Waals surface area contributed by atoms with Gasteiger partial charge in [0.1, 0.15) is 0 Å². The summed E-state index contributed by atoms with van der Waals surface area (Å²) >= 11 is 0. The lowest BCUT2D eigenvalue weighted by atomic mass is 9.87. The molecule has 0 fully saturated rings. The van der Waals surface area contributed by atoms with Gasteiger partial charge in [0.25, 0.3) is 0 Å². The number of rotatable bonds is 7. The first-order valence-electron chi connectivity index (χ1n) is 5.24. The van der Waals surface area contributed by atoms with E-state index in [0.29, 0.717) is 6.61 Å². The molecule has 2 N–H and O–H groups in total. The maximum atomic E-state index is 9.24. The van der Waals surface area contributed by atoms with Gasteiger partial charge in [0, 0.05) is 31.2 Å². The third-order valence-corrected chi connectivity index (χ3v) is 2.73. The molecule has 0 spiro atoms. The van der Waals surface area contributed by atoms with Crippen LogP contribution in [0.5, 0.6) is 0 Å². The zero-order valence-electron chi connectivity index (χ0n) is 10.2. The second-order valence-electron chi connectivity index (χ2n) is 4.99. The second kappa shape index (κ2) is 5.69. The zero-order valence-corrected chi connectivity index (χ0v) is 10.2. The normalized spacial score (nSPS) is 16.7. The van der Waals surface area contributed by atoms with E-state index in [2.05, 4.69) is 33.0 Å². The summed E-state index contributed by atoms with van der Waals surface area (Å²) in [5.74, 6) is 0. The molecule has 0 bridgehead atoms. The molecule has 0 aromatic rings. The number of hydrogen-bond donors (Lipinski definition) is 2. The van der Waals surface area contributed by atoms with Crippen molar-refractivity contribution in [1.82, 2.24) is 5.32 Å².